The fourth-order valence-electron chi connectivity index (χ4n) is 2.26. The molecule has 1 aliphatic rings. The SMILES string of the molecule is Cc1cccc([C@@H]2CCN[C@@H]2CO)c1. The van der Waals surface area contributed by atoms with Crippen molar-refractivity contribution < 1.29 is 5.11 Å². The summed E-state index contributed by atoms with van der Waals surface area (Å²) in [4.78, 5) is 0. The van der Waals surface area contributed by atoms with Gasteiger partial charge in [-0.3, -0.25) is 0 Å². The lowest BCUT2D eigenvalue weighted by Gasteiger charge is -2.17. The Hall–Kier alpha value is -0.860. The average molecular weight is 191 g/mol. The van der Waals surface area contributed by atoms with Crippen LogP contribution < -0.4 is 5.32 Å². The number of hydrogen-bond donors (Lipinski definition) is 2. The topological polar surface area (TPSA) is 32.3 Å². The summed E-state index contributed by atoms with van der Waals surface area (Å²) in [5.74, 6) is 0.486. The van der Waals surface area contributed by atoms with Crippen molar-refractivity contribution in [3.63, 3.8) is 0 Å². The van der Waals surface area contributed by atoms with Gasteiger partial charge < -0.3 is 10.4 Å². The van der Waals surface area contributed by atoms with Gasteiger partial charge >= 0.3 is 0 Å². The minimum atomic E-state index is 0.235. The molecule has 0 radical (unpaired) electrons. The molecule has 0 unspecified atom stereocenters. The van der Waals surface area contributed by atoms with Crippen LogP contribution >= 0.6 is 0 Å². The summed E-state index contributed by atoms with van der Waals surface area (Å²) < 4.78 is 0. The molecule has 0 aliphatic carbocycles. The molecule has 0 saturated carbocycles. The normalized spacial score (nSPS) is 26.7. The highest BCUT2D eigenvalue weighted by Gasteiger charge is 2.27. The fraction of sp³-hybridized carbons (Fsp3) is 0.500. The number of hydrogen-bond acceptors (Lipinski definition) is 2. The first-order valence-electron chi connectivity index (χ1n) is 5.22. The van der Waals surface area contributed by atoms with Gasteiger partial charge in [-0.25, -0.2) is 0 Å². The highest BCUT2D eigenvalue weighted by atomic mass is 16.3. The summed E-state index contributed by atoms with van der Waals surface area (Å²) >= 11 is 0. The van der Waals surface area contributed by atoms with E-state index in [4.69, 9.17) is 0 Å². The van der Waals surface area contributed by atoms with Crippen LogP contribution in [0.25, 0.3) is 0 Å². The predicted octanol–water partition coefficient (Wildman–Crippen LogP) is 1.43. The van der Waals surface area contributed by atoms with E-state index in [-0.39, 0.29) is 12.6 Å². The lowest BCUT2D eigenvalue weighted by atomic mass is 9.91. The highest BCUT2D eigenvalue weighted by molar-refractivity contribution is 5.27. The van der Waals surface area contributed by atoms with Crippen molar-refractivity contribution in [3.8, 4) is 0 Å². The van der Waals surface area contributed by atoms with Gasteiger partial charge in [-0.1, -0.05) is 29.8 Å². The Labute approximate surface area is 85.0 Å². The molecule has 0 bridgehead atoms. The predicted molar refractivity (Wildman–Crippen MR) is 57.4 cm³/mol. The van der Waals surface area contributed by atoms with E-state index in [1.54, 1.807) is 0 Å². The van der Waals surface area contributed by atoms with Gasteiger partial charge in [-0.15, -0.1) is 0 Å². The minimum absolute atomic E-state index is 0.235. The van der Waals surface area contributed by atoms with Gasteiger partial charge in [0.25, 0.3) is 0 Å². The largest absolute Gasteiger partial charge is 0.395 e. The molecule has 76 valence electrons. The third kappa shape index (κ3) is 1.81. The van der Waals surface area contributed by atoms with Gasteiger partial charge in [0.15, 0.2) is 0 Å². The number of aliphatic hydroxyl groups excluding tert-OH is 1. The average Bonchev–Trinajstić information content (AvgIpc) is 2.65. The second-order valence-electron chi connectivity index (χ2n) is 4.05. The van der Waals surface area contributed by atoms with Crippen LogP contribution in [0.4, 0.5) is 0 Å². The van der Waals surface area contributed by atoms with Crippen LogP contribution in [-0.2, 0) is 0 Å². The van der Waals surface area contributed by atoms with Crippen molar-refractivity contribution in [1.29, 1.82) is 0 Å². The van der Waals surface area contributed by atoms with E-state index in [2.05, 4.69) is 36.5 Å². The number of aryl methyl sites for hydroxylation is 1. The zero-order valence-electron chi connectivity index (χ0n) is 8.53. The smallest absolute Gasteiger partial charge is 0.0590 e. The van der Waals surface area contributed by atoms with Crippen molar-refractivity contribution in [2.45, 2.75) is 25.3 Å². The molecule has 0 amide bonds. The van der Waals surface area contributed by atoms with Crippen molar-refractivity contribution in [3.05, 3.63) is 35.4 Å². The molecule has 0 aromatic heterocycles. The Bertz CT molecular complexity index is 311. The van der Waals surface area contributed by atoms with Gasteiger partial charge in [0.05, 0.1) is 6.61 Å². The molecule has 1 aromatic carbocycles. The third-order valence-corrected chi connectivity index (χ3v) is 3.01. The van der Waals surface area contributed by atoms with Crippen LogP contribution in [0.2, 0.25) is 0 Å². The van der Waals surface area contributed by atoms with Crippen LogP contribution in [0.5, 0.6) is 0 Å². The van der Waals surface area contributed by atoms with Crippen LogP contribution in [-0.4, -0.2) is 24.3 Å². The third-order valence-electron chi connectivity index (χ3n) is 3.01. The zero-order valence-corrected chi connectivity index (χ0v) is 8.53. The maximum atomic E-state index is 9.20. The van der Waals surface area contributed by atoms with Crippen LogP contribution in [0.3, 0.4) is 0 Å². The van der Waals surface area contributed by atoms with Gasteiger partial charge in [-0.2, -0.15) is 0 Å². The van der Waals surface area contributed by atoms with Gasteiger partial charge in [0.2, 0.25) is 0 Å². The summed E-state index contributed by atoms with van der Waals surface area (Å²) in [5.41, 5.74) is 2.65. The Morgan fingerprint density at radius 1 is 1.50 bits per heavy atom. The minimum Gasteiger partial charge on any atom is -0.395 e. The second-order valence-corrected chi connectivity index (χ2v) is 4.05. The van der Waals surface area contributed by atoms with E-state index < -0.39 is 0 Å². The monoisotopic (exact) mass is 191 g/mol. The molecule has 0 spiro atoms. The Kier molecular flexibility index (Phi) is 2.85. The van der Waals surface area contributed by atoms with Crippen LogP contribution in [0.1, 0.15) is 23.5 Å². The number of aliphatic hydroxyl groups is 1. The first-order chi connectivity index (χ1) is 6.81. The quantitative estimate of drug-likeness (QED) is 0.741. The molecule has 2 nitrogen and oxygen atoms in total. The zero-order chi connectivity index (χ0) is 9.97. The number of rotatable bonds is 2. The lowest BCUT2D eigenvalue weighted by molar-refractivity contribution is 0.245. The molecule has 1 aromatic rings. The van der Waals surface area contributed by atoms with Crippen molar-refractivity contribution in [1.82, 2.24) is 5.32 Å². The Morgan fingerprint density at radius 3 is 3.07 bits per heavy atom. The standard InChI is InChI=1S/C12H17NO/c1-9-3-2-4-10(7-9)11-5-6-13-12(11)8-14/h2-4,7,11-14H,5-6,8H2,1H3/t11-,12+/m0/s1. The van der Waals surface area contributed by atoms with Crippen LogP contribution in [0.15, 0.2) is 24.3 Å². The molecule has 2 heteroatoms. The summed E-state index contributed by atoms with van der Waals surface area (Å²) in [6.45, 7) is 3.36. The molecular formula is C12H17NO. The number of nitrogens with one attached hydrogen (secondary N) is 1. The highest BCUT2D eigenvalue weighted by Crippen LogP contribution is 2.27. The molecule has 14 heavy (non-hydrogen) atoms. The van der Waals surface area contributed by atoms with Gasteiger partial charge in [0.1, 0.15) is 0 Å². The van der Waals surface area contributed by atoms with E-state index in [0.717, 1.165) is 13.0 Å². The molecule has 2 atom stereocenters. The summed E-state index contributed by atoms with van der Waals surface area (Å²) in [6.07, 6.45) is 1.13. The van der Waals surface area contributed by atoms with Gasteiger partial charge in [-0.05, 0) is 25.5 Å². The second kappa shape index (κ2) is 4.11. The first-order valence-corrected chi connectivity index (χ1v) is 5.22. The molecule has 1 fully saturated rings. The molecule has 2 rings (SSSR count). The summed E-state index contributed by atoms with van der Waals surface area (Å²) in [7, 11) is 0. The Morgan fingerprint density at radius 2 is 2.36 bits per heavy atom. The molecule has 1 saturated heterocycles. The first kappa shape index (κ1) is 9.69. The molecular weight excluding hydrogens is 174 g/mol. The molecule has 1 aliphatic heterocycles. The summed E-state index contributed by atoms with van der Waals surface area (Å²) in [6, 6.07) is 8.84. The van der Waals surface area contributed by atoms with E-state index in [9.17, 15) is 5.11 Å². The summed E-state index contributed by atoms with van der Waals surface area (Å²) in [5, 5.41) is 12.5. The fourth-order valence-corrected chi connectivity index (χ4v) is 2.26. The van der Waals surface area contributed by atoms with Crippen molar-refractivity contribution in [2.24, 2.45) is 0 Å². The van der Waals surface area contributed by atoms with Gasteiger partial charge in [0, 0.05) is 12.0 Å². The van der Waals surface area contributed by atoms with E-state index >= 15 is 0 Å². The number of benzene rings is 1. The maximum absolute atomic E-state index is 9.20. The van der Waals surface area contributed by atoms with Crippen LogP contribution in [0, 0.1) is 6.92 Å². The lowest BCUT2D eigenvalue weighted by Crippen LogP contribution is -2.29. The van der Waals surface area contributed by atoms with Crippen molar-refractivity contribution >= 4 is 0 Å². The Balaban J connectivity index is 2.21. The van der Waals surface area contributed by atoms with E-state index in [1.165, 1.54) is 11.1 Å². The maximum Gasteiger partial charge on any atom is 0.0590 e. The van der Waals surface area contributed by atoms with E-state index in [1.807, 2.05) is 0 Å². The van der Waals surface area contributed by atoms with Crippen molar-refractivity contribution in [2.75, 3.05) is 13.2 Å². The molecule has 2 N–H and O–H groups in total. The van der Waals surface area contributed by atoms with E-state index in [0.29, 0.717) is 5.92 Å². The molecule has 1 heterocycles.